The lowest BCUT2D eigenvalue weighted by molar-refractivity contribution is -0.142. The Morgan fingerprint density at radius 1 is 0.386 bits per heavy atom. The molecule has 0 rings (SSSR count). The van der Waals surface area contributed by atoms with Crippen LogP contribution in [0.25, 0.3) is 0 Å². The number of aliphatic carboxylic acids is 2. The third kappa shape index (κ3) is 37.5. The highest BCUT2D eigenvalue weighted by atomic mass is 16.4. The summed E-state index contributed by atoms with van der Waals surface area (Å²) in [7, 11) is 0. The zero-order valence-electron chi connectivity index (χ0n) is 41.8. The van der Waals surface area contributed by atoms with Gasteiger partial charge in [0.05, 0.1) is 19.8 Å². The molecule has 0 saturated heterocycles. The predicted molar refractivity (Wildman–Crippen MR) is 261 cm³/mol. The van der Waals surface area contributed by atoms with Crippen LogP contribution in [0.1, 0.15) is 181 Å². The van der Waals surface area contributed by atoms with Crippen LogP contribution in [0.15, 0.2) is 0 Å². The summed E-state index contributed by atoms with van der Waals surface area (Å²) < 4.78 is 0. The zero-order chi connectivity index (χ0) is 52.4. The number of carbonyl (C=O) groups is 10. The number of aliphatic hydroxyl groups is 2. The molecule has 0 spiro atoms. The first-order valence-electron chi connectivity index (χ1n) is 25.4. The van der Waals surface area contributed by atoms with Crippen molar-refractivity contribution in [3.63, 3.8) is 0 Å². The van der Waals surface area contributed by atoms with Gasteiger partial charge in [-0.25, -0.2) is 4.79 Å². The van der Waals surface area contributed by atoms with Crippen LogP contribution in [0.3, 0.4) is 0 Å². The van der Waals surface area contributed by atoms with E-state index in [4.69, 9.17) is 5.11 Å². The molecule has 402 valence electrons. The number of carbonyl (C=O) groups excluding carboxylic acids is 8. The lowest BCUT2D eigenvalue weighted by atomic mass is 10.0. The molecule has 0 aromatic rings. The molecule has 0 aliphatic carbocycles. The van der Waals surface area contributed by atoms with Gasteiger partial charge in [0.2, 0.25) is 47.3 Å². The minimum atomic E-state index is -1.53. The van der Waals surface area contributed by atoms with Crippen molar-refractivity contribution in [3.05, 3.63) is 0 Å². The topological polar surface area (TPSA) is 348 Å². The summed E-state index contributed by atoms with van der Waals surface area (Å²) in [6.07, 6.45) is 18.1. The predicted octanol–water partition coefficient (Wildman–Crippen LogP) is 1.73. The van der Waals surface area contributed by atoms with Crippen LogP contribution in [0.5, 0.6) is 0 Å². The summed E-state index contributed by atoms with van der Waals surface area (Å²) in [4.78, 5) is 121. The highest BCUT2D eigenvalue weighted by Gasteiger charge is 2.26. The third-order valence-electron chi connectivity index (χ3n) is 11.3. The van der Waals surface area contributed by atoms with Crippen molar-refractivity contribution in [2.45, 2.75) is 205 Å². The molecule has 22 heteroatoms. The maximum atomic E-state index is 12.7. The first kappa shape index (κ1) is 64.6. The number of aliphatic hydroxyl groups excluding tert-OH is 2. The molecule has 0 aromatic carbocycles. The Bertz CT molecular complexity index is 1570. The Hall–Kier alpha value is -5.38. The quantitative estimate of drug-likeness (QED) is 0.0387. The molecule has 0 aliphatic heterocycles. The highest BCUT2D eigenvalue weighted by Crippen LogP contribution is 2.14. The van der Waals surface area contributed by atoms with Crippen LogP contribution in [-0.4, -0.2) is 143 Å². The van der Waals surface area contributed by atoms with Crippen LogP contribution in [0.2, 0.25) is 0 Å². The average Bonchev–Trinajstić information content (AvgIpc) is 3.32. The van der Waals surface area contributed by atoms with E-state index in [2.05, 4.69) is 42.5 Å². The van der Waals surface area contributed by atoms with E-state index >= 15 is 0 Å². The number of hydrogen-bond acceptors (Lipinski definition) is 12. The second-order valence-corrected chi connectivity index (χ2v) is 17.7. The Labute approximate surface area is 413 Å². The van der Waals surface area contributed by atoms with Gasteiger partial charge in [-0.3, -0.25) is 43.2 Å². The van der Waals surface area contributed by atoms with E-state index in [-0.39, 0.29) is 69.2 Å². The fourth-order valence-electron chi connectivity index (χ4n) is 7.06. The molecule has 0 aliphatic rings. The zero-order valence-corrected chi connectivity index (χ0v) is 41.8. The number of unbranched alkanes of at least 4 members (excludes halogenated alkanes) is 14. The fourth-order valence-corrected chi connectivity index (χ4v) is 7.06. The van der Waals surface area contributed by atoms with Crippen LogP contribution >= 0.6 is 0 Å². The van der Waals surface area contributed by atoms with E-state index in [0.29, 0.717) is 25.9 Å². The van der Waals surface area contributed by atoms with Crippen molar-refractivity contribution >= 4 is 59.2 Å². The van der Waals surface area contributed by atoms with Crippen molar-refractivity contribution in [2.24, 2.45) is 0 Å². The van der Waals surface area contributed by atoms with Crippen LogP contribution < -0.4 is 42.5 Å². The molecule has 0 radical (unpaired) electrons. The first-order valence-corrected chi connectivity index (χ1v) is 25.4. The summed E-state index contributed by atoms with van der Waals surface area (Å²) >= 11 is 0. The van der Waals surface area contributed by atoms with E-state index in [1.165, 1.54) is 44.9 Å². The number of carboxylic acid groups (broad SMARTS) is 2. The SMILES string of the molecule is CCCCNC(=O)CCCNC(=O)CC[C@@H](C)NC(=O)[C@H](CO)NC(=O)CNC(=O)[C@H](CO)NC(=O)CC[C@H](NC(=O)CCCNC(=O)CCCCCCCCCCCCCCCCC(=O)O)C(=O)O. The van der Waals surface area contributed by atoms with E-state index in [0.717, 1.165) is 57.8 Å². The molecule has 8 amide bonds. The molecule has 12 N–H and O–H groups in total. The number of nitrogens with one attached hydrogen (secondary N) is 8. The normalized spacial score (nSPS) is 12.6. The Kier molecular flexibility index (Phi) is 39.2. The summed E-state index contributed by atoms with van der Waals surface area (Å²) in [5.74, 6) is -6.62. The van der Waals surface area contributed by atoms with Gasteiger partial charge in [0.25, 0.3) is 0 Å². The molecule has 0 saturated carbocycles. The van der Waals surface area contributed by atoms with E-state index in [1.807, 2.05) is 6.92 Å². The molecule has 0 unspecified atom stereocenters. The molecular weight excluding hydrogens is 913 g/mol. The summed E-state index contributed by atoms with van der Waals surface area (Å²) in [5, 5.41) is 57.6. The summed E-state index contributed by atoms with van der Waals surface area (Å²) in [6, 6.07) is -4.89. The van der Waals surface area contributed by atoms with Crippen LogP contribution in [0.4, 0.5) is 0 Å². The van der Waals surface area contributed by atoms with E-state index in [1.54, 1.807) is 6.92 Å². The molecule has 0 fully saturated rings. The van der Waals surface area contributed by atoms with Gasteiger partial charge in [0.1, 0.15) is 18.1 Å². The Morgan fingerprint density at radius 3 is 1.26 bits per heavy atom. The van der Waals surface area contributed by atoms with Crippen molar-refractivity contribution in [2.75, 3.05) is 39.4 Å². The van der Waals surface area contributed by atoms with Crippen LogP contribution in [-0.2, 0) is 47.9 Å². The second kappa shape index (κ2) is 42.5. The van der Waals surface area contributed by atoms with Crippen molar-refractivity contribution < 1.29 is 68.4 Å². The van der Waals surface area contributed by atoms with Gasteiger partial charge in [-0.05, 0) is 51.9 Å². The molecule has 4 atom stereocenters. The van der Waals surface area contributed by atoms with Gasteiger partial charge in [-0.15, -0.1) is 0 Å². The molecule has 0 heterocycles. The van der Waals surface area contributed by atoms with Gasteiger partial charge in [0.15, 0.2) is 0 Å². The van der Waals surface area contributed by atoms with Crippen molar-refractivity contribution in [1.29, 1.82) is 0 Å². The first-order chi connectivity index (χ1) is 33.5. The molecule has 0 bridgehead atoms. The number of rotatable bonds is 45. The smallest absolute Gasteiger partial charge is 0.326 e. The van der Waals surface area contributed by atoms with Gasteiger partial charge >= 0.3 is 11.9 Å². The fraction of sp³-hybridized carbons (Fsp3) is 0.792. The van der Waals surface area contributed by atoms with Gasteiger partial charge in [-0.1, -0.05) is 90.4 Å². The van der Waals surface area contributed by atoms with Gasteiger partial charge < -0.3 is 63.0 Å². The summed E-state index contributed by atoms with van der Waals surface area (Å²) in [6.45, 7) is 2.44. The molecule has 0 aromatic heterocycles. The summed E-state index contributed by atoms with van der Waals surface area (Å²) in [5.41, 5.74) is 0. The van der Waals surface area contributed by atoms with Crippen molar-refractivity contribution in [1.82, 2.24) is 42.5 Å². The van der Waals surface area contributed by atoms with Gasteiger partial charge in [0, 0.05) is 64.2 Å². The lowest BCUT2D eigenvalue weighted by Gasteiger charge is -2.20. The van der Waals surface area contributed by atoms with E-state index in [9.17, 15) is 63.3 Å². The Morgan fingerprint density at radius 2 is 0.771 bits per heavy atom. The highest BCUT2D eigenvalue weighted by molar-refractivity contribution is 5.93. The van der Waals surface area contributed by atoms with Gasteiger partial charge in [-0.2, -0.15) is 0 Å². The second-order valence-electron chi connectivity index (χ2n) is 17.7. The van der Waals surface area contributed by atoms with Crippen molar-refractivity contribution in [3.8, 4) is 0 Å². The minimum Gasteiger partial charge on any atom is -0.481 e. The third-order valence-corrected chi connectivity index (χ3v) is 11.3. The number of hydrogen-bond donors (Lipinski definition) is 12. The molecule has 70 heavy (non-hydrogen) atoms. The standard InChI is InChI=1S/C48H86N8O14/c1-3-4-29-49-40(60)22-19-30-51-41(61)27-25-35(2)53-47(68)38(34-58)56-44(64)32-52-46(67)37(33-57)55-43(63)28-26-36(48(69)70)54-42(62)23-20-31-50-39(59)21-17-15-13-11-9-7-5-6-8-10-12-14-16-18-24-45(65)66/h35-38,57-58H,3-34H2,1-2H3,(H,49,60)(H,50,59)(H,51,61)(H,52,67)(H,53,68)(H,54,62)(H,55,63)(H,56,64)(H,65,66)(H,69,70)/t35-,36+,37+,38+/m1/s1. The maximum Gasteiger partial charge on any atom is 0.326 e. The molecular formula is C48H86N8O14. The number of carboxylic acids is 2. The Balaban J connectivity index is 4.31. The lowest BCUT2D eigenvalue weighted by Crippen LogP contribution is -2.54. The molecule has 22 nitrogen and oxygen atoms in total. The minimum absolute atomic E-state index is 0.0711. The van der Waals surface area contributed by atoms with E-state index < -0.39 is 91.8 Å². The monoisotopic (exact) mass is 999 g/mol. The largest absolute Gasteiger partial charge is 0.481 e. The number of amides is 8. The average molecular weight is 999 g/mol. The van der Waals surface area contributed by atoms with Crippen LogP contribution in [0, 0.1) is 0 Å². The maximum absolute atomic E-state index is 12.7.